The monoisotopic (exact) mass is 437 g/mol. The van der Waals surface area contributed by atoms with E-state index in [1.807, 2.05) is 39.8 Å². The minimum Gasteiger partial charge on any atom is -0.486 e. The summed E-state index contributed by atoms with van der Waals surface area (Å²) in [6, 6.07) is 10.7. The Hall–Kier alpha value is -3.15. The molecule has 0 saturated heterocycles. The molecule has 0 aliphatic carbocycles. The van der Waals surface area contributed by atoms with E-state index in [-0.39, 0.29) is 18.0 Å². The van der Waals surface area contributed by atoms with Crippen molar-refractivity contribution in [3.8, 4) is 5.75 Å². The lowest BCUT2D eigenvalue weighted by Gasteiger charge is -2.29. The third-order valence-electron chi connectivity index (χ3n) is 6.17. The Kier molecular flexibility index (Phi) is 6.44. The number of benzene rings is 2. The fourth-order valence-corrected chi connectivity index (χ4v) is 3.82. The van der Waals surface area contributed by atoms with Crippen LogP contribution >= 0.6 is 0 Å². The van der Waals surface area contributed by atoms with Gasteiger partial charge >= 0.3 is 5.97 Å². The van der Waals surface area contributed by atoms with Crippen LogP contribution in [0.15, 0.2) is 40.8 Å². The highest BCUT2D eigenvalue weighted by Gasteiger charge is 2.36. The van der Waals surface area contributed by atoms with Gasteiger partial charge in [0.25, 0.3) is 0 Å². The zero-order valence-corrected chi connectivity index (χ0v) is 19.6. The Labute approximate surface area is 188 Å². The van der Waals surface area contributed by atoms with Gasteiger partial charge in [0, 0.05) is 5.41 Å². The Morgan fingerprint density at radius 3 is 2.31 bits per heavy atom. The van der Waals surface area contributed by atoms with E-state index in [0.717, 1.165) is 24.0 Å². The SMILES string of the molecule is CCC(CC)(c1ccc(OCC(=O)C(C)(C)C)c(C)c1)c1nc2cc(C(=O)O)ccc2o1. The predicted molar refractivity (Wildman–Crippen MR) is 123 cm³/mol. The van der Waals surface area contributed by atoms with E-state index in [9.17, 15) is 14.7 Å². The number of oxazole rings is 1. The summed E-state index contributed by atoms with van der Waals surface area (Å²) in [5, 5.41) is 9.27. The number of aromatic carboxylic acids is 1. The van der Waals surface area contributed by atoms with Crippen molar-refractivity contribution in [1.82, 2.24) is 4.98 Å². The lowest BCUT2D eigenvalue weighted by molar-refractivity contribution is -0.128. The molecule has 6 nitrogen and oxygen atoms in total. The molecule has 1 heterocycles. The van der Waals surface area contributed by atoms with Crippen LogP contribution in [0.4, 0.5) is 0 Å². The van der Waals surface area contributed by atoms with E-state index in [0.29, 0.717) is 22.7 Å². The first-order chi connectivity index (χ1) is 15.0. The molecule has 0 aliphatic heterocycles. The van der Waals surface area contributed by atoms with Gasteiger partial charge in [-0.25, -0.2) is 9.78 Å². The van der Waals surface area contributed by atoms with Crippen LogP contribution in [0.25, 0.3) is 11.1 Å². The summed E-state index contributed by atoms with van der Waals surface area (Å²) in [6.07, 6.45) is 1.51. The fourth-order valence-electron chi connectivity index (χ4n) is 3.82. The number of carboxylic acid groups (broad SMARTS) is 1. The Balaban J connectivity index is 1.97. The molecule has 0 fully saturated rings. The molecule has 0 amide bonds. The summed E-state index contributed by atoms with van der Waals surface area (Å²) >= 11 is 0. The van der Waals surface area contributed by atoms with Crippen molar-refractivity contribution in [2.24, 2.45) is 5.41 Å². The molecule has 0 aliphatic rings. The third-order valence-corrected chi connectivity index (χ3v) is 6.17. The molecule has 32 heavy (non-hydrogen) atoms. The van der Waals surface area contributed by atoms with Crippen molar-refractivity contribution in [2.75, 3.05) is 6.61 Å². The minimum atomic E-state index is -0.996. The molecule has 1 N–H and O–H groups in total. The standard InChI is InChI=1S/C26H31NO5/c1-7-26(8-2,24-27-19-14-17(23(29)30)9-11-21(19)32-24)18-10-12-20(16(3)13-18)31-15-22(28)25(4,5)6/h9-14H,7-8,15H2,1-6H3,(H,29,30). The average Bonchev–Trinajstić information content (AvgIpc) is 3.17. The van der Waals surface area contributed by atoms with Crippen molar-refractivity contribution in [3.63, 3.8) is 0 Å². The molecule has 0 radical (unpaired) electrons. The van der Waals surface area contributed by atoms with Gasteiger partial charge in [0.15, 0.2) is 11.4 Å². The van der Waals surface area contributed by atoms with Gasteiger partial charge in [-0.2, -0.15) is 0 Å². The van der Waals surface area contributed by atoms with Crippen molar-refractivity contribution in [1.29, 1.82) is 0 Å². The molecule has 170 valence electrons. The first-order valence-electron chi connectivity index (χ1n) is 10.9. The summed E-state index contributed by atoms with van der Waals surface area (Å²) in [4.78, 5) is 28.2. The topological polar surface area (TPSA) is 89.6 Å². The summed E-state index contributed by atoms with van der Waals surface area (Å²) in [5.74, 6) is 0.293. The van der Waals surface area contributed by atoms with Crippen LogP contribution in [0, 0.1) is 12.3 Å². The number of Topliss-reactive ketones (excluding diaryl/α,β-unsaturated/α-hetero) is 1. The van der Waals surface area contributed by atoms with Crippen molar-refractivity contribution >= 4 is 22.9 Å². The summed E-state index contributed by atoms with van der Waals surface area (Å²) < 4.78 is 11.9. The highest BCUT2D eigenvalue weighted by Crippen LogP contribution is 2.41. The first kappa shape index (κ1) is 23.5. The maximum Gasteiger partial charge on any atom is 0.335 e. The van der Waals surface area contributed by atoms with Crippen LogP contribution in [0.3, 0.4) is 0 Å². The van der Waals surface area contributed by atoms with E-state index in [1.54, 1.807) is 6.07 Å². The molecular weight excluding hydrogens is 406 g/mol. The molecule has 0 unspecified atom stereocenters. The molecule has 0 saturated carbocycles. The highest BCUT2D eigenvalue weighted by atomic mass is 16.5. The van der Waals surface area contributed by atoms with Crippen LogP contribution in [0.5, 0.6) is 5.75 Å². The lowest BCUT2D eigenvalue weighted by Crippen LogP contribution is -2.27. The minimum absolute atomic E-state index is 0.0351. The smallest absolute Gasteiger partial charge is 0.335 e. The lowest BCUT2D eigenvalue weighted by atomic mass is 9.75. The summed E-state index contributed by atoms with van der Waals surface area (Å²) in [5.41, 5.74) is 2.34. The number of carboxylic acids is 1. The summed E-state index contributed by atoms with van der Waals surface area (Å²) in [7, 11) is 0. The molecule has 1 aromatic heterocycles. The van der Waals surface area contributed by atoms with E-state index in [1.165, 1.54) is 12.1 Å². The second-order valence-electron chi connectivity index (χ2n) is 9.24. The Morgan fingerprint density at radius 1 is 1.06 bits per heavy atom. The maximum atomic E-state index is 12.2. The van der Waals surface area contributed by atoms with Crippen molar-refractivity contribution in [3.05, 3.63) is 59.0 Å². The van der Waals surface area contributed by atoms with E-state index in [2.05, 4.69) is 24.9 Å². The van der Waals surface area contributed by atoms with Crippen LogP contribution in [0.1, 0.15) is 74.8 Å². The fraction of sp³-hybridized carbons (Fsp3) is 0.423. The van der Waals surface area contributed by atoms with Crippen LogP contribution in [0.2, 0.25) is 0 Å². The molecular formula is C26H31NO5. The van der Waals surface area contributed by atoms with Crippen LogP contribution in [-0.2, 0) is 10.2 Å². The number of aryl methyl sites for hydroxylation is 1. The number of nitrogens with zero attached hydrogens (tertiary/aromatic N) is 1. The molecule has 3 rings (SSSR count). The zero-order valence-electron chi connectivity index (χ0n) is 19.6. The third kappa shape index (κ3) is 4.40. The van der Waals surface area contributed by atoms with Gasteiger partial charge in [-0.15, -0.1) is 0 Å². The number of carbonyl (C=O) groups excluding carboxylic acids is 1. The molecule has 0 spiro atoms. The van der Waals surface area contributed by atoms with Gasteiger partial charge in [-0.3, -0.25) is 4.79 Å². The van der Waals surface area contributed by atoms with Gasteiger partial charge in [-0.1, -0.05) is 46.8 Å². The molecule has 0 atom stereocenters. The van der Waals surface area contributed by atoms with Gasteiger partial charge in [0.1, 0.15) is 17.9 Å². The number of aromatic nitrogens is 1. The normalized spacial score (nSPS) is 12.2. The number of ketones is 1. The number of hydrogen-bond donors (Lipinski definition) is 1. The highest BCUT2D eigenvalue weighted by molar-refractivity contribution is 5.91. The van der Waals surface area contributed by atoms with Gasteiger partial charge in [0.05, 0.1) is 11.0 Å². The second-order valence-corrected chi connectivity index (χ2v) is 9.24. The van der Waals surface area contributed by atoms with Crippen molar-refractivity contribution in [2.45, 2.75) is 59.8 Å². The quantitative estimate of drug-likeness (QED) is 0.469. The number of hydrogen-bond acceptors (Lipinski definition) is 5. The molecule has 6 heteroatoms. The molecule has 3 aromatic rings. The van der Waals surface area contributed by atoms with Crippen LogP contribution in [-0.4, -0.2) is 28.4 Å². The second kappa shape index (κ2) is 8.77. The number of fused-ring (bicyclic) bond motifs is 1. The van der Waals surface area contributed by atoms with E-state index < -0.39 is 16.8 Å². The average molecular weight is 438 g/mol. The Bertz CT molecular complexity index is 1150. The van der Waals surface area contributed by atoms with Crippen LogP contribution < -0.4 is 4.74 Å². The zero-order chi connectivity index (χ0) is 23.7. The van der Waals surface area contributed by atoms with Gasteiger partial charge in [-0.05, 0) is 55.2 Å². The maximum absolute atomic E-state index is 12.2. The first-order valence-corrected chi connectivity index (χ1v) is 10.9. The van der Waals surface area contributed by atoms with E-state index >= 15 is 0 Å². The number of ether oxygens (including phenoxy) is 1. The van der Waals surface area contributed by atoms with Crippen molar-refractivity contribution < 1.29 is 23.8 Å². The predicted octanol–water partition coefficient (Wildman–Crippen LogP) is 5.93. The van der Waals surface area contributed by atoms with Gasteiger partial charge in [0.2, 0.25) is 5.89 Å². The Morgan fingerprint density at radius 2 is 1.75 bits per heavy atom. The summed E-state index contributed by atoms with van der Waals surface area (Å²) in [6.45, 7) is 11.8. The molecule has 2 aromatic carbocycles. The number of carbonyl (C=O) groups is 2. The molecule has 0 bridgehead atoms. The van der Waals surface area contributed by atoms with E-state index in [4.69, 9.17) is 9.15 Å². The van der Waals surface area contributed by atoms with Gasteiger partial charge < -0.3 is 14.3 Å². The largest absolute Gasteiger partial charge is 0.486 e. The number of rotatable bonds is 8.